The molecule has 0 saturated heterocycles. The number of rotatable bonds is 3. The highest BCUT2D eigenvalue weighted by Crippen LogP contribution is 2.56. The van der Waals surface area contributed by atoms with Gasteiger partial charge in [-0.3, -0.25) is 0 Å². The molecule has 2 aliphatic carbocycles. The molecule has 2 fully saturated rings. The van der Waals surface area contributed by atoms with Crippen LogP contribution in [0.25, 0.3) is 0 Å². The van der Waals surface area contributed by atoms with Gasteiger partial charge in [-0.05, 0) is 68.1 Å². The first kappa shape index (κ1) is 14.9. The SMILES string of the molecule is COc1c(C)cc(Br)c(C)c1C(Br)C1CC2CCC1C2. The molecule has 0 radical (unpaired) electrons. The second-order valence-corrected chi connectivity index (χ2v) is 8.33. The minimum atomic E-state index is 0.420. The summed E-state index contributed by atoms with van der Waals surface area (Å²) in [7, 11) is 1.79. The number of fused-ring (bicyclic) bond motifs is 2. The molecule has 3 heteroatoms. The number of aryl methyl sites for hydroxylation is 1. The van der Waals surface area contributed by atoms with E-state index in [0.717, 1.165) is 23.5 Å². The summed E-state index contributed by atoms with van der Waals surface area (Å²) in [6, 6.07) is 2.16. The first-order chi connectivity index (χ1) is 9.52. The molecule has 0 aromatic heterocycles. The van der Waals surface area contributed by atoms with Crippen LogP contribution in [0.5, 0.6) is 5.75 Å². The Balaban J connectivity index is 2.00. The van der Waals surface area contributed by atoms with Crippen molar-refractivity contribution in [2.45, 2.75) is 44.4 Å². The van der Waals surface area contributed by atoms with E-state index in [0.29, 0.717) is 4.83 Å². The fourth-order valence-corrected chi connectivity index (χ4v) is 6.10. The molecule has 1 nitrogen and oxygen atoms in total. The third-order valence-electron chi connectivity index (χ3n) is 5.36. The van der Waals surface area contributed by atoms with Gasteiger partial charge in [0.05, 0.1) is 7.11 Å². The van der Waals surface area contributed by atoms with Crippen LogP contribution in [-0.2, 0) is 0 Å². The van der Waals surface area contributed by atoms with Gasteiger partial charge in [-0.1, -0.05) is 38.3 Å². The van der Waals surface area contributed by atoms with Crippen molar-refractivity contribution in [2.24, 2.45) is 17.8 Å². The van der Waals surface area contributed by atoms with Crippen LogP contribution in [0.4, 0.5) is 0 Å². The van der Waals surface area contributed by atoms with E-state index in [1.807, 2.05) is 0 Å². The fraction of sp³-hybridized carbons (Fsp3) is 0.647. The van der Waals surface area contributed by atoms with Crippen molar-refractivity contribution < 1.29 is 4.74 Å². The Hall–Kier alpha value is -0.0200. The van der Waals surface area contributed by atoms with E-state index in [1.54, 1.807) is 7.11 Å². The Bertz CT molecular complexity index is 526. The molecule has 2 aliphatic rings. The number of hydrogen-bond acceptors (Lipinski definition) is 1. The predicted octanol–water partition coefficient (Wildman–Crippen LogP) is 5.95. The molecule has 110 valence electrons. The third-order valence-corrected chi connectivity index (χ3v) is 7.32. The van der Waals surface area contributed by atoms with E-state index in [9.17, 15) is 0 Å². The average molecular weight is 402 g/mol. The number of halogens is 2. The second-order valence-electron chi connectivity index (χ2n) is 6.49. The van der Waals surface area contributed by atoms with Crippen molar-refractivity contribution in [2.75, 3.05) is 7.11 Å². The molecular formula is C17H22Br2O. The molecule has 4 unspecified atom stereocenters. The van der Waals surface area contributed by atoms with Crippen LogP contribution in [0.1, 0.15) is 47.2 Å². The molecule has 0 amide bonds. The summed E-state index contributed by atoms with van der Waals surface area (Å²) in [5.74, 6) is 3.72. The first-order valence-corrected chi connectivity index (χ1v) is 9.21. The molecule has 2 saturated carbocycles. The Morgan fingerprint density at radius 3 is 2.55 bits per heavy atom. The monoisotopic (exact) mass is 400 g/mol. The van der Waals surface area contributed by atoms with Crippen LogP contribution in [0.2, 0.25) is 0 Å². The van der Waals surface area contributed by atoms with Gasteiger partial charge in [0.1, 0.15) is 5.75 Å². The highest BCUT2D eigenvalue weighted by atomic mass is 79.9. The molecule has 1 aromatic rings. The standard InChI is InChI=1S/C17H22Br2O/c1-9-6-14(18)10(2)15(17(9)20-3)16(19)13-8-11-4-5-12(13)7-11/h6,11-13,16H,4-5,7-8H2,1-3H3. The Kier molecular flexibility index (Phi) is 4.20. The van der Waals surface area contributed by atoms with E-state index in [1.165, 1.54) is 46.8 Å². The highest BCUT2D eigenvalue weighted by molar-refractivity contribution is 9.10. The smallest absolute Gasteiger partial charge is 0.126 e. The predicted molar refractivity (Wildman–Crippen MR) is 90.8 cm³/mol. The first-order valence-electron chi connectivity index (χ1n) is 7.50. The van der Waals surface area contributed by atoms with Gasteiger partial charge in [0.25, 0.3) is 0 Å². The van der Waals surface area contributed by atoms with Gasteiger partial charge < -0.3 is 4.74 Å². The van der Waals surface area contributed by atoms with E-state index < -0.39 is 0 Å². The normalized spacial score (nSPS) is 29.8. The maximum absolute atomic E-state index is 5.72. The number of alkyl halides is 1. The second kappa shape index (κ2) is 5.64. The molecule has 0 N–H and O–H groups in total. The summed E-state index contributed by atoms with van der Waals surface area (Å²) in [5.41, 5.74) is 3.89. The zero-order valence-corrected chi connectivity index (χ0v) is 15.6. The maximum Gasteiger partial charge on any atom is 0.126 e. The van der Waals surface area contributed by atoms with Crippen molar-refractivity contribution in [1.82, 2.24) is 0 Å². The zero-order valence-electron chi connectivity index (χ0n) is 12.4. The topological polar surface area (TPSA) is 9.23 Å². The lowest BCUT2D eigenvalue weighted by Crippen LogP contribution is -2.17. The minimum Gasteiger partial charge on any atom is -0.496 e. The summed E-state index contributed by atoms with van der Waals surface area (Å²) in [4.78, 5) is 0.420. The van der Waals surface area contributed by atoms with Gasteiger partial charge in [-0.15, -0.1) is 0 Å². The summed E-state index contributed by atoms with van der Waals surface area (Å²) in [5, 5.41) is 0. The zero-order chi connectivity index (χ0) is 14.4. The lowest BCUT2D eigenvalue weighted by Gasteiger charge is -2.29. The van der Waals surface area contributed by atoms with E-state index in [2.05, 4.69) is 51.8 Å². The van der Waals surface area contributed by atoms with Crippen molar-refractivity contribution in [3.05, 3.63) is 27.2 Å². The molecule has 4 atom stereocenters. The summed E-state index contributed by atoms with van der Waals surface area (Å²) in [6.45, 7) is 4.33. The molecule has 20 heavy (non-hydrogen) atoms. The van der Waals surface area contributed by atoms with Gasteiger partial charge in [-0.25, -0.2) is 0 Å². The van der Waals surface area contributed by atoms with Crippen molar-refractivity contribution in [1.29, 1.82) is 0 Å². The van der Waals surface area contributed by atoms with Gasteiger partial charge in [0.2, 0.25) is 0 Å². The Morgan fingerprint density at radius 2 is 2.00 bits per heavy atom. The Morgan fingerprint density at radius 1 is 1.25 bits per heavy atom. The van der Waals surface area contributed by atoms with E-state index in [4.69, 9.17) is 4.74 Å². The third kappa shape index (κ3) is 2.35. The molecule has 1 aromatic carbocycles. The molecule has 2 bridgehead atoms. The molecule has 0 heterocycles. The number of hydrogen-bond donors (Lipinski definition) is 0. The molecule has 3 rings (SSSR count). The summed E-state index contributed by atoms with van der Waals surface area (Å²) < 4.78 is 6.91. The summed E-state index contributed by atoms with van der Waals surface area (Å²) >= 11 is 7.73. The van der Waals surface area contributed by atoms with Crippen LogP contribution in [0.15, 0.2) is 10.5 Å². The molecular weight excluding hydrogens is 380 g/mol. The average Bonchev–Trinajstić information content (AvgIpc) is 3.04. The van der Waals surface area contributed by atoms with Crippen LogP contribution >= 0.6 is 31.9 Å². The van der Waals surface area contributed by atoms with Crippen LogP contribution < -0.4 is 4.74 Å². The fourth-order valence-electron chi connectivity index (χ4n) is 4.34. The van der Waals surface area contributed by atoms with Crippen molar-refractivity contribution >= 4 is 31.9 Å². The number of ether oxygens (including phenoxy) is 1. The highest BCUT2D eigenvalue weighted by Gasteiger charge is 2.43. The van der Waals surface area contributed by atoms with Gasteiger partial charge in [-0.2, -0.15) is 0 Å². The van der Waals surface area contributed by atoms with Gasteiger partial charge >= 0.3 is 0 Å². The Labute approximate surface area is 138 Å². The van der Waals surface area contributed by atoms with Gasteiger partial charge in [0, 0.05) is 14.9 Å². The molecule has 0 aliphatic heterocycles. The van der Waals surface area contributed by atoms with Crippen molar-refractivity contribution in [3.8, 4) is 5.75 Å². The largest absolute Gasteiger partial charge is 0.496 e. The summed E-state index contributed by atoms with van der Waals surface area (Å²) in [6.07, 6.45) is 5.70. The van der Waals surface area contributed by atoms with Crippen molar-refractivity contribution in [3.63, 3.8) is 0 Å². The number of benzene rings is 1. The molecule has 0 spiro atoms. The quantitative estimate of drug-likeness (QED) is 0.568. The minimum absolute atomic E-state index is 0.420. The van der Waals surface area contributed by atoms with Crippen LogP contribution in [0.3, 0.4) is 0 Å². The number of methoxy groups -OCH3 is 1. The van der Waals surface area contributed by atoms with Crippen LogP contribution in [-0.4, -0.2) is 7.11 Å². The van der Waals surface area contributed by atoms with Crippen LogP contribution in [0, 0.1) is 31.6 Å². The van der Waals surface area contributed by atoms with Gasteiger partial charge in [0.15, 0.2) is 0 Å². The maximum atomic E-state index is 5.72. The van der Waals surface area contributed by atoms with E-state index in [-0.39, 0.29) is 0 Å². The lowest BCUT2D eigenvalue weighted by molar-refractivity contribution is 0.322. The van der Waals surface area contributed by atoms with E-state index >= 15 is 0 Å². The lowest BCUT2D eigenvalue weighted by atomic mass is 9.82.